The van der Waals surface area contributed by atoms with E-state index in [0.29, 0.717) is 18.9 Å². The second kappa shape index (κ2) is 10.9. The summed E-state index contributed by atoms with van der Waals surface area (Å²) in [6.45, 7) is 3.19. The van der Waals surface area contributed by atoms with Crippen molar-refractivity contribution in [1.82, 2.24) is 5.32 Å². The van der Waals surface area contributed by atoms with Crippen molar-refractivity contribution < 1.29 is 19.0 Å². The van der Waals surface area contributed by atoms with E-state index in [1.54, 1.807) is 20.3 Å². The molecule has 0 saturated carbocycles. The molecule has 0 spiro atoms. The van der Waals surface area contributed by atoms with Crippen LogP contribution >= 0.6 is 0 Å². The van der Waals surface area contributed by atoms with Gasteiger partial charge in [-0.2, -0.15) is 0 Å². The molecule has 0 aliphatic carbocycles. The molecule has 144 valence electrons. The second-order valence-corrected chi connectivity index (χ2v) is 5.98. The zero-order valence-electron chi connectivity index (χ0n) is 16.2. The SMILES string of the molecule is CCCCOc1ccc(CNC(=O)/C=C/c2ccccc2OC)cc1OC. The molecule has 0 aliphatic heterocycles. The third-order valence-corrected chi connectivity index (χ3v) is 4.00. The first kappa shape index (κ1) is 20.4. The van der Waals surface area contributed by atoms with Gasteiger partial charge in [0.2, 0.25) is 5.91 Å². The van der Waals surface area contributed by atoms with Gasteiger partial charge in [-0.05, 0) is 36.3 Å². The summed E-state index contributed by atoms with van der Waals surface area (Å²) < 4.78 is 16.4. The zero-order valence-corrected chi connectivity index (χ0v) is 16.2. The van der Waals surface area contributed by atoms with Gasteiger partial charge in [0, 0.05) is 18.2 Å². The Hall–Kier alpha value is -2.95. The summed E-state index contributed by atoms with van der Waals surface area (Å²) in [7, 11) is 3.22. The van der Waals surface area contributed by atoms with E-state index in [0.717, 1.165) is 35.5 Å². The van der Waals surface area contributed by atoms with Crippen LogP contribution < -0.4 is 19.5 Å². The van der Waals surface area contributed by atoms with Crippen molar-refractivity contribution in [2.45, 2.75) is 26.3 Å². The van der Waals surface area contributed by atoms with Crippen LogP contribution in [0.5, 0.6) is 17.2 Å². The molecule has 0 aromatic heterocycles. The van der Waals surface area contributed by atoms with Gasteiger partial charge in [-0.1, -0.05) is 37.6 Å². The van der Waals surface area contributed by atoms with E-state index in [9.17, 15) is 4.79 Å². The molecule has 0 atom stereocenters. The number of nitrogens with one attached hydrogen (secondary N) is 1. The Balaban J connectivity index is 1.93. The van der Waals surface area contributed by atoms with Crippen LogP contribution in [-0.4, -0.2) is 26.7 Å². The normalized spacial score (nSPS) is 10.6. The minimum Gasteiger partial charge on any atom is -0.496 e. The third kappa shape index (κ3) is 6.37. The maximum atomic E-state index is 12.1. The molecule has 0 unspecified atom stereocenters. The molecule has 0 bridgehead atoms. The van der Waals surface area contributed by atoms with Gasteiger partial charge in [0.05, 0.1) is 20.8 Å². The highest BCUT2D eigenvalue weighted by atomic mass is 16.5. The standard InChI is InChI=1S/C22H27NO4/c1-4-5-14-27-20-12-10-17(15-21(20)26-3)16-23-22(24)13-11-18-8-6-7-9-19(18)25-2/h6-13,15H,4-5,14,16H2,1-3H3,(H,23,24)/b13-11+. The quantitative estimate of drug-likeness (QED) is 0.503. The van der Waals surface area contributed by atoms with Crippen molar-refractivity contribution in [2.24, 2.45) is 0 Å². The van der Waals surface area contributed by atoms with E-state index in [1.807, 2.05) is 42.5 Å². The van der Waals surface area contributed by atoms with Crippen molar-refractivity contribution in [3.63, 3.8) is 0 Å². The van der Waals surface area contributed by atoms with Crippen LogP contribution in [0.1, 0.15) is 30.9 Å². The predicted octanol–water partition coefficient (Wildman–Crippen LogP) is 4.21. The van der Waals surface area contributed by atoms with Crippen LogP contribution in [0.25, 0.3) is 6.08 Å². The molecular formula is C22H27NO4. The number of benzene rings is 2. The fraction of sp³-hybridized carbons (Fsp3) is 0.318. The fourth-order valence-electron chi connectivity index (χ4n) is 2.49. The maximum absolute atomic E-state index is 12.1. The molecule has 5 heteroatoms. The number of carbonyl (C=O) groups is 1. The minimum atomic E-state index is -0.178. The van der Waals surface area contributed by atoms with Crippen LogP contribution in [0.2, 0.25) is 0 Å². The largest absolute Gasteiger partial charge is 0.496 e. The van der Waals surface area contributed by atoms with Gasteiger partial charge in [0.1, 0.15) is 5.75 Å². The molecule has 0 aliphatic rings. The fourth-order valence-corrected chi connectivity index (χ4v) is 2.49. The number of methoxy groups -OCH3 is 2. The molecule has 0 fully saturated rings. The molecule has 0 heterocycles. The molecule has 2 aromatic rings. The van der Waals surface area contributed by atoms with E-state index in [2.05, 4.69) is 12.2 Å². The molecule has 1 N–H and O–H groups in total. The average molecular weight is 369 g/mol. The summed E-state index contributed by atoms with van der Waals surface area (Å²) in [6.07, 6.45) is 5.31. The summed E-state index contributed by atoms with van der Waals surface area (Å²) in [5.41, 5.74) is 1.79. The number of carbonyl (C=O) groups excluding carboxylic acids is 1. The Bertz CT molecular complexity index is 771. The van der Waals surface area contributed by atoms with Gasteiger partial charge in [-0.15, -0.1) is 0 Å². The van der Waals surface area contributed by atoms with Gasteiger partial charge >= 0.3 is 0 Å². The molecule has 2 rings (SSSR count). The van der Waals surface area contributed by atoms with E-state index in [-0.39, 0.29) is 5.91 Å². The molecule has 27 heavy (non-hydrogen) atoms. The minimum absolute atomic E-state index is 0.178. The van der Waals surface area contributed by atoms with Crippen LogP contribution in [0, 0.1) is 0 Å². The summed E-state index contributed by atoms with van der Waals surface area (Å²) in [6, 6.07) is 13.2. The number of rotatable bonds is 10. The van der Waals surface area contributed by atoms with Crippen molar-refractivity contribution in [2.75, 3.05) is 20.8 Å². The van der Waals surface area contributed by atoms with Gasteiger partial charge in [-0.3, -0.25) is 4.79 Å². The van der Waals surface area contributed by atoms with Crippen molar-refractivity contribution in [3.8, 4) is 17.2 Å². The summed E-state index contributed by atoms with van der Waals surface area (Å²) in [5.74, 6) is 1.94. The van der Waals surface area contributed by atoms with Crippen LogP contribution in [0.4, 0.5) is 0 Å². The number of hydrogen-bond donors (Lipinski definition) is 1. The van der Waals surface area contributed by atoms with Gasteiger partial charge in [-0.25, -0.2) is 0 Å². The zero-order chi connectivity index (χ0) is 19.5. The van der Waals surface area contributed by atoms with Crippen LogP contribution in [0.3, 0.4) is 0 Å². The monoisotopic (exact) mass is 369 g/mol. The Morgan fingerprint density at radius 1 is 1.04 bits per heavy atom. The Morgan fingerprint density at radius 3 is 2.56 bits per heavy atom. The number of hydrogen-bond acceptors (Lipinski definition) is 4. The number of para-hydroxylation sites is 1. The summed E-state index contributed by atoms with van der Waals surface area (Å²) in [4.78, 5) is 12.1. The van der Waals surface area contributed by atoms with Gasteiger partial charge < -0.3 is 19.5 Å². The smallest absolute Gasteiger partial charge is 0.244 e. The highest BCUT2D eigenvalue weighted by Gasteiger charge is 2.06. The molecule has 2 aromatic carbocycles. The first-order chi connectivity index (χ1) is 13.2. The van der Waals surface area contributed by atoms with Crippen molar-refractivity contribution >= 4 is 12.0 Å². The summed E-state index contributed by atoms with van der Waals surface area (Å²) in [5, 5.41) is 2.87. The first-order valence-corrected chi connectivity index (χ1v) is 9.06. The maximum Gasteiger partial charge on any atom is 0.244 e. The molecule has 1 amide bonds. The molecule has 0 radical (unpaired) electrons. The number of unbranched alkanes of at least 4 members (excludes halogenated alkanes) is 1. The average Bonchev–Trinajstić information content (AvgIpc) is 2.71. The van der Waals surface area contributed by atoms with Crippen LogP contribution in [-0.2, 0) is 11.3 Å². The lowest BCUT2D eigenvalue weighted by atomic mass is 10.2. The molecule has 0 saturated heterocycles. The lowest BCUT2D eigenvalue weighted by Crippen LogP contribution is -2.20. The molecule has 5 nitrogen and oxygen atoms in total. The number of amides is 1. The number of ether oxygens (including phenoxy) is 3. The highest BCUT2D eigenvalue weighted by molar-refractivity contribution is 5.92. The van der Waals surface area contributed by atoms with Gasteiger partial charge in [0.15, 0.2) is 11.5 Å². The third-order valence-electron chi connectivity index (χ3n) is 4.00. The van der Waals surface area contributed by atoms with Gasteiger partial charge in [0.25, 0.3) is 0 Å². The van der Waals surface area contributed by atoms with E-state index in [1.165, 1.54) is 6.08 Å². The Labute approximate surface area is 161 Å². The van der Waals surface area contributed by atoms with E-state index in [4.69, 9.17) is 14.2 Å². The lowest BCUT2D eigenvalue weighted by Gasteiger charge is -2.12. The Morgan fingerprint density at radius 2 is 1.81 bits per heavy atom. The van der Waals surface area contributed by atoms with E-state index < -0.39 is 0 Å². The van der Waals surface area contributed by atoms with Crippen LogP contribution in [0.15, 0.2) is 48.5 Å². The highest BCUT2D eigenvalue weighted by Crippen LogP contribution is 2.28. The second-order valence-electron chi connectivity index (χ2n) is 5.98. The predicted molar refractivity (Wildman–Crippen MR) is 107 cm³/mol. The Kier molecular flexibility index (Phi) is 8.23. The topological polar surface area (TPSA) is 56.8 Å². The van der Waals surface area contributed by atoms with Crippen molar-refractivity contribution in [1.29, 1.82) is 0 Å². The first-order valence-electron chi connectivity index (χ1n) is 9.06. The van der Waals surface area contributed by atoms with E-state index >= 15 is 0 Å². The lowest BCUT2D eigenvalue weighted by molar-refractivity contribution is -0.116. The van der Waals surface area contributed by atoms with Crippen molar-refractivity contribution in [3.05, 3.63) is 59.7 Å². The molecular weight excluding hydrogens is 342 g/mol. The summed E-state index contributed by atoms with van der Waals surface area (Å²) >= 11 is 0.